The Kier molecular flexibility index (Phi) is 12.0. The Morgan fingerprint density at radius 2 is 1.51 bits per heavy atom. The highest BCUT2D eigenvalue weighted by Gasteiger charge is 2.38. The van der Waals surface area contributed by atoms with Gasteiger partial charge in [-0.2, -0.15) is 26.3 Å². The number of aromatic amines is 1. The van der Waals surface area contributed by atoms with Crippen LogP contribution in [0.5, 0.6) is 0 Å². The third kappa shape index (κ3) is 11.8. The summed E-state index contributed by atoms with van der Waals surface area (Å²) in [6.45, 7) is 5.29. The van der Waals surface area contributed by atoms with Gasteiger partial charge >= 0.3 is 24.3 Å². The molecule has 0 bridgehead atoms. The van der Waals surface area contributed by atoms with E-state index >= 15 is 0 Å². The van der Waals surface area contributed by atoms with Crippen LogP contribution in [0.4, 0.5) is 26.3 Å². The van der Waals surface area contributed by atoms with Gasteiger partial charge < -0.3 is 20.5 Å². The molecule has 1 saturated heterocycles. The molecule has 16 heteroatoms. The number of benzene rings is 1. The SMILES string of the molecule is O=C(O)C(F)(F)F.O=C(O)C(F)(F)F.O=c1cc(-c2cccnc2)nc(-c2ccc(CN3CCCNCC3)cc2)[nH]1. The van der Waals surface area contributed by atoms with E-state index in [1.165, 1.54) is 18.1 Å². The number of halogens is 6. The molecule has 4 N–H and O–H groups in total. The van der Waals surface area contributed by atoms with Gasteiger partial charge in [0.05, 0.1) is 5.69 Å². The summed E-state index contributed by atoms with van der Waals surface area (Å²) in [4.78, 5) is 43.9. The first-order valence-electron chi connectivity index (χ1n) is 11.8. The largest absolute Gasteiger partial charge is 0.490 e. The Bertz CT molecular complexity index is 1300. The molecule has 0 amide bonds. The zero-order valence-corrected chi connectivity index (χ0v) is 21.2. The van der Waals surface area contributed by atoms with E-state index in [2.05, 4.69) is 37.3 Å². The fourth-order valence-electron chi connectivity index (χ4n) is 3.34. The zero-order valence-electron chi connectivity index (χ0n) is 21.2. The van der Waals surface area contributed by atoms with E-state index in [4.69, 9.17) is 19.8 Å². The molecule has 222 valence electrons. The third-order valence-electron chi connectivity index (χ3n) is 5.25. The quantitative estimate of drug-likeness (QED) is 0.335. The van der Waals surface area contributed by atoms with E-state index in [-0.39, 0.29) is 5.56 Å². The van der Waals surface area contributed by atoms with Crippen LogP contribution in [0, 0.1) is 0 Å². The van der Waals surface area contributed by atoms with Gasteiger partial charge in [0.25, 0.3) is 5.56 Å². The molecule has 1 aliphatic rings. The second kappa shape index (κ2) is 14.9. The minimum Gasteiger partial charge on any atom is -0.475 e. The highest BCUT2D eigenvalue weighted by atomic mass is 19.4. The van der Waals surface area contributed by atoms with Gasteiger partial charge in [-0.1, -0.05) is 24.3 Å². The fraction of sp³-hybridized carbons (Fsp3) is 0.320. The summed E-state index contributed by atoms with van der Waals surface area (Å²) in [5, 5.41) is 17.7. The van der Waals surface area contributed by atoms with Crippen molar-refractivity contribution in [3.63, 3.8) is 0 Å². The first kappa shape index (κ1) is 32.9. The molecule has 1 aromatic carbocycles. The highest BCUT2D eigenvalue weighted by Crippen LogP contribution is 2.20. The van der Waals surface area contributed by atoms with Gasteiger partial charge in [0.15, 0.2) is 0 Å². The van der Waals surface area contributed by atoms with E-state index < -0.39 is 24.3 Å². The Morgan fingerprint density at radius 3 is 2.05 bits per heavy atom. The number of carboxylic acid groups (broad SMARTS) is 2. The normalized spacial score (nSPS) is 14.0. The van der Waals surface area contributed by atoms with Crippen molar-refractivity contribution in [2.45, 2.75) is 25.3 Å². The maximum Gasteiger partial charge on any atom is 0.490 e. The van der Waals surface area contributed by atoms with Gasteiger partial charge in [-0.15, -0.1) is 0 Å². The Labute approximate surface area is 228 Å². The number of nitrogens with one attached hydrogen (secondary N) is 2. The lowest BCUT2D eigenvalue weighted by atomic mass is 10.1. The van der Waals surface area contributed by atoms with Crippen molar-refractivity contribution in [3.05, 3.63) is 70.8 Å². The summed E-state index contributed by atoms with van der Waals surface area (Å²) in [6.07, 6.45) is -5.56. The zero-order chi connectivity index (χ0) is 30.6. The van der Waals surface area contributed by atoms with Crippen LogP contribution in [0.2, 0.25) is 0 Å². The average molecular weight is 589 g/mol. The highest BCUT2D eigenvalue weighted by molar-refractivity contribution is 5.73. The van der Waals surface area contributed by atoms with Crippen LogP contribution >= 0.6 is 0 Å². The van der Waals surface area contributed by atoms with E-state index in [0.717, 1.165) is 43.9 Å². The van der Waals surface area contributed by atoms with Crippen LogP contribution in [0.15, 0.2) is 59.7 Å². The number of aromatic nitrogens is 3. The summed E-state index contributed by atoms with van der Waals surface area (Å²) in [6, 6.07) is 13.5. The maximum absolute atomic E-state index is 12.1. The monoisotopic (exact) mass is 589 g/mol. The molecule has 3 heterocycles. The van der Waals surface area contributed by atoms with Crippen LogP contribution in [-0.4, -0.2) is 80.5 Å². The molecule has 0 spiro atoms. The number of carboxylic acids is 2. The first-order chi connectivity index (χ1) is 19.2. The summed E-state index contributed by atoms with van der Waals surface area (Å²) < 4.78 is 63.5. The number of H-pyrrole nitrogens is 1. The molecular weight excluding hydrogens is 564 g/mol. The molecule has 1 fully saturated rings. The average Bonchev–Trinajstić information content (AvgIpc) is 3.17. The van der Waals surface area contributed by atoms with Crippen molar-refractivity contribution in [1.82, 2.24) is 25.2 Å². The fourth-order valence-corrected chi connectivity index (χ4v) is 3.34. The molecule has 41 heavy (non-hydrogen) atoms. The Balaban J connectivity index is 0.000000349. The van der Waals surface area contributed by atoms with Gasteiger partial charge in [-0.3, -0.25) is 14.7 Å². The summed E-state index contributed by atoms with van der Waals surface area (Å²) in [5.74, 6) is -4.94. The maximum atomic E-state index is 12.1. The topological polar surface area (TPSA) is 149 Å². The molecule has 0 radical (unpaired) electrons. The van der Waals surface area contributed by atoms with Gasteiger partial charge in [0.1, 0.15) is 5.82 Å². The number of pyridine rings is 1. The molecule has 10 nitrogen and oxygen atoms in total. The lowest BCUT2D eigenvalue weighted by Crippen LogP contribution is -2.27. The molecule has 3 aromatic rings. The Morgan fingerprint density at radius 1 is 0.902 bits per heavy atom. The van der Waals surface area contributed by atoms with Crippen molar-refractivity contribution in [2.75, 3.05) is 26.2 Å². The molecule has 1 aliphatic heterocycles. The molecule has 4 rings (SSSR count). The first-order valence-corrected chi connectivity index (χ1v) is 11.8. The van der Waals surface area contributed by atoms with Crippen LogP contribution in [0.3, 0.4) is 0 Å². The van der Waals surface area contributed by atoms with Crippen molar-refractivity contribution >= 4 is 11.9 Å². The summed E-state index contributed by atoms with van der Waals surface area (Å²) in [7, 11) is 0. The smallest absolute Gasteiger partial charge is 0.475 e. The molecular formula is C25H25F6N5O5. The third-order valence-corrected chi connectivity index (χ3v) is 5.25. The molecule has 2 aromatic heterocycles. The number of carbonyl (C=O) groups is 2. The minimum absolute atomic E-state index is 0.167. The van der Waals surface area contributed by atoms with Gasteiger partial charge in [-0.25, -0.2) is 14.6 Å². The second-order valence-electron chi connectivity index (χ2n) is 8.40. The summed E-state index contributed by atoms with van der Waals surface area (Å²) >= 11 is 0. The predicted octanol–water partition coefficient (Wildman–Crippen LogP) is 3.56. The van der Waals surface area contributed by atoms with E-state index in [0.29, 0.717) is 11.5 Å². The summed E-state index contributed by atoms with van der Waals surface area (Å²) in [5.41, 5.74) is 3.46. The van der Waals surface area contributed by atoms with Gasteiger partial charge in [0.2, 0.25) is 0 Å². The molecule has 0 aliphatic carbocycles. The predicted molar refractivity (Wildman–Crippen MR) is 134 cm³/mol. The number of nitrogens with zero attached hydrogens (tertiary/aromatic N) is 3. The Hall–Kier alpha value is -4.31. The van der Waals surface area contributed by atoms with E-state index in [1.807, 2.05) is 24.3 Å². The van der Waals surface area contributed by atoms with E-state index in [9.17, 15) is 31.1 Å². The second-order valence-corrected chi connectivity index (χ2v) is 8.40. The van der Waals surface area contributed by atoms with Crippen molar-refractivity contribution < 1.29 is 46.1 Å². The lowest BCUT2D eigenvalue weighted by Gasteiger charge is -2.19. The molecule has 0 unspecified atom stereocenters. The number of hydrogen-bond acceptors (Lipinski definition) is 7. The number of alkyl halides is 6. The number of hydrogen-bond donors (Lipinski definition) is 4. The number of aliphatic carboxylic acids is 2. The van der Waals surface area contributed by atoms with E-state index in [1.54, 1.807) is 12.4 Å². The van der Waals surface area contributed by atoms with Crippen LogP contribution in [0.25, 0.3) is 22.6 Å². The molecule has 0 atom stereocenters. The standard InChI is InChI=1S/C21H23N5O.2C2HF3O2/c27-20-13-19(18-3-1-8-23-14-18)24-21(25-20)17-6-4-16(5-7-17)15-26-11-2-9-22-10-12-26;2*3-2(4,5)1(6)7/h1,3-8,13-14,22H,2,9-12,15H2,(H,24,25,27);2*(H,6,7). The van der Waals surface area contributed by atoms with Crippen LogP contribution < -0.4 is 10.9 Å². The lowest BCUT2D eigenvalue weighted by molar-refractivity contribution is -0.193. The van der Waals surface area contributed by atoms with Crippen molar-refractivity contribution in [1.29, 1.82) is 0 Å². The minimum atomic E-state index is -5.08. The van der Waals surface area contributed by atoms with Crippen molar-refractivity contribution in [2.24, 2.45) is 0 Å². The van der Waals surface area contributed by atoms with Crippen LogP contribution in [-0.2, 0) is 16.1 Å². The van der Waals surface area contributed by atoms with Gasteiger partial charge in [0, 0.05) is 49.2 Å². The molecule has 0 saturated carbocycles. The number of rotatable bonds is 4. The van der Waals surface area contributed by atoms with Crippen molar-refractivity contribution in [3.8, 4) is 22.6 Å². The van der Waals surface area contributed by atoms with Gasteiger partial charge in [-0.05, 0) is 37.2 Å². The van der Waals surface area contributed by atoms with Crippen LogP contribution in [0.1, 0.15) is 12.0 Å².